The number of aliphatic hydroxyl groups is 1. The quantitative estimate of drug-likeness (QED) is 0.725. The molecule has 0 fully saturated rings. The van der Waals surface area contributed by atoms with Gasteiger partial charge in [-0.2, -0.15) is 5.10 Å². The van der Waals surface area contributed by atoms with E-state index in [-0.39, 0.29) is 6.04 Å². The van der Waals surface area contributed by atoms with E-state index < -0.39 is 6.10 Å². The molecule has 0 saturated heterocycles. The molecule has 0 unspecified atom stereocenters. The van der Waals surface area contributed by atoms with Gasteiger partial charge in [0, 0.05) is 5.56 Å². The molecule has 142 valence electrons. The first-order valence-electron chi connectivity index (χ1n) is 9.44. The fraction of sp³-hybridized carbons (Fsp3) is 0.208. The van der Waals surface area contributed by atoms with E-state index in [4.69, 9.17) is 9.84 Å². The molecule has 0 aromatic heterocycles. The Morgan fingerprint density at radius 2 is 1.61 bits per heavy atom. The second-order valence-electron chi connectivity index (χ2n) is 7.10. The minimum absolute atomic E-state index is 0.248. The minimum atomic E-state index is -0.709. The third kappa shape index (κ3) is 3.64. The van der Waals surface area contributed by atoms with E-state index in [9.17, 15) is 5.11 Å². The van der Waals surface area contributed by atoms with Crippen LogP contribution in [0.4, 0.5) is 0 Å². The molecule has 1 aliphatic rings. The van der Waals surface area contributed by atoms with Crippen LogP contribution in [-0.2, 0) is 6.54 Å². The van der Waals surface area contributed by atoms with Crippen molar-refractivity contribution in [3.8, 4) is 5.75 Å². The number of benzene rings is 3. The zero-order valence-electron chi connectivity index (χ0n) is 16.1. The number of ether oxygens (including phenoxy) is 1. The predicted octanol–water partition coefficient (Wildman–Crippen LogP) is 4.33. The summed E-state index contributed by atoms with van der Waals surface area (Å²) in [4.78, 5) is 0. The summed E-state index contributed by atoms with van der Waals surface area (Å²) >= 11 is 0. The summed E-state index contributed by atoms with van der Waals surface area (Å²) in [5.74, 6) is 0.797. The summed E-state index contributed by atoms with van der Waals surface area (Å²) in [5.41, 5.74) is 5.01. The van der Waals surface area contributed by atoms with E-state index in [0.29, 0.717) is 12.3 Å². The summed E-state index contributed by atoms with van der Waals surface area (Å²) in [6.45, 7) is 2.68. The third-order valence-electron chi connectivity index (χ3n) is 5.13. The Bertz CT molecular complexity index is 950. The van der Waals surface area contributed by atoms with Crippen molar-refractivity contribution in [1.82, 2.24) is 5.01 Å². The predicted molar refractivity (Wildman–Crippen MR) is 111 cm³/mol. The highest BCUT2D eigenvalue weighted by Crippen LogP contribution is 2.35. The maximum absolute atomic E-state index is 11.2. The normalized spacial score (nSPS) is 18.8. The van der Waals surface area contributed by atoms with Crippen molar-refractivity contribution in [2.24, 2.45) is 5.10 Å². The van der Waals surface area contributed by atoms with Crippen LogP contribution in [0.1, 0.15) is 28.3 Å². The number of aliphatic hydroxyl groups excluding tert-OH is 1. The summed E-state index contributed by atoms with van der Waals surface area (Å²) in [6, 6.07) is 25.9. The molecule has 0 aliphatic carbocycles. The standard InChI is InChI=1S/C24H24N2O2/c1-17-8-10-19(11-9-17)22-24(27)23(20-12-14-21(28-2)15-13-20)26(25-22)16-18-6-4-3-5-7-18/h3-15,23-24,27H,16H2,1-2H3/t23-,24+/m1/s1. The van der Waals surface area contributed by atoms with Gasteiger partial charge in [0.25, 0.3) is 0 Å². The van der Waals surface area contributed by atoms with Gasteiger partial charge in [-0.25, -0.2) is 0 Å². The first kappa shape index (κ1) is 18.3. The molecule has 0 saturated carbocycles. The molecule has 0 radical (unpaired) electrons. The molecular formula is C24H24N2O2. The lowest BCUT2D eigenvalue weighted by Gasteiger charge is -2.26. The van der Waals surface area contributed by atoms with Gasteiger partial charge in [0.2, 0.25) is 0 Å². The van der Waals surface area contributed by atoms with Crippen molar-refractivity contribution < 1.29 is 9.84 Å². The average molecular weight is 372 g/mol. The van der Waals surface area contributed by atoms with Crippen molar-refractivity contribution in [2.45, 2.75) is 25.6 Å². The molecule has 0 amide bonds. The molecule has 1 aliphatic heterocycles. The van der Waals surface area contributed by atoms with Crippen LogP contribution < -0.4 is 4.74 Å². The van der Waals surface area contributed by atoms with Gasteiger partial charge >= 0.3 is 0 Å². The second-order valence-corrected chi connectivity index (χ2v) is 7.10. The molecule has 28 heavy (non-hydrogen) atoms. The van der Waals surface area contributed by atoms with Crippen LogP contribution in [-0.4, -0.2) is 29.0 Å². The fourth-order valence-electron chi connectivity index (χ4n) is 3.58. The number of methoxy groups -OCH3 is 1. The van der Waals surface area contributed by atoms with E-state index in [1.54, 1.807) is 7.11 Å². The monoisotopic (exact) mass is 372 g/mol. The van der Waals surface area contributed by atoms with Crippen LogP contribution in [0.5, 0.6) is 5.75 Å². The Kier molecular flexibility index (Phi) is 5.13. The van der Waals surface area contributed by atoms with E-state index in [1.807, 2.05) is 71.7 Å². The van der Waals surface area contributed by atoms with E-state index >= 15 is 0 Å². The fourth-order valence-corrected chi connectivity index (χ4v) is 3.58. The molecule has 4 rings (SSSR count). The average Bonchev–Trinajstić information content (AvgIpc) is 3.05. The van der Waals surface area contributed by atoms with Crippen molar-refractivity contribution in [2.75, 3.05) is 7.11 Å². The molecule has 3 aromatic carbocycles. The van der Waals surface area contributed by atoms with Gasteiger partial charge in [-0.1, -0.05) is 72.3 Å². The highest BCUT2D eigenvalue weighted by molar-refractivity contribution is 6.05. The highest BCUT2D eigenvalue weighted by Gasteiger charge is 2.37. The maximum Gasteiger partial charge on any atom is 0.124 e. The Morgan fingerprint density at radius 3 is 2.25 bits per heavy atom. The zero-order valence-corrected chi connectivity index (χ0v) is 16.1. The van der Waals surface area contributed by atoms with E-state index in [1.165, 1.54) is 5.56 Å². The second kappa shape index (κ2) is 7.87. The van der Waals surface area contributed by atoms with Crippen LogP contribution in [0.2, 0.25) is 0 Å². The zero-order chi connectivity index (χ0) is 19.5. The Labute approximate surface area is 165 Å². The lowest BCUT2D eigenvalue weighted by atomic mass is 9.95. The molecule has 0 bridgehead atoms. The Balaban J connectivity index is 1.70. The minimum Gasteiger partial charge on any atom is -0.497 e. The van der Waals surface area contributed by atoms with E-state index in [0.717, 1.165) is 22.4 Å². The van der Waals surface area contributed by atoms with Gasteiger partial charge in [0.05, 0.1) is 19.4 Å². The SMILES string of the molecule is COc1ccc([C@@H]2[C@@H](O)C(c3ccc(C)cc3)=NN2Cc2ccccc2)cc1. The van der Waals surface area contributed by atoms with Crippen LogP contribution >= 0.6 is 0 Å². The topological polar surface area (TPSA) is 45.1 Å². The third-order valence-corrected chi connectivity index (χ3v) is 5.13. The number of aryl methyl sites for hydroxylation is 1. The van der Waals surface area contributed by atoms with Crippen molar-refractivity contribution in [3.05, 3.63) is 101 Å². The first-order valence-corrected chi connectivity index (χ1v) is 9.44. The molecule has 4 nitrogen and oxygen atoms in total. The van der Waals surface area contributed by atoms with Crippen molar-refractivity contribution in [3.63, 3.8) is 0 Å². The van der Waals surface area contributed by atoms with Gasteiger partial charge in [0.15, 0.2) is 0 Å². The number of hydrazone groups is 1. The van der Waals surface area contributed by atoms with Gasteiger partial charge in [-0.3, -0.25) is 5.01 Å². The molecule has 3 aromatic rings. The van der Waals surface area contributed by atoms with Gasteiger partial charge in [0.1, 0.15) is 17.9 Å². The van der Waals surface area contributed by atoms with Gasteiger partial charge in [-0.05, 0) is 30.2 Å². The molecule has 4 heteroatoms. The first-order chi connectivity index (χ1) is 13.7. The molecule has 2 atom stereocenters. The van der Waals surface area contributed by atoms with Crippen molar-refractivity contribution in [1.29, 1.82) is 0 Å². The maximum atomic E-state index is 11.2. The summed E-state index contributed by atoms with van der Waals surface area (Å²) < 4.78 is 5.28. The lowest BCUT2D eigenvalue weighted by Crippen LogP contribution is -2.29. The van der Waals surface area contributed by atoms with Gasteiger partial charge in [-0.15, -0.1) is 0 Å². The van der Waals surface area contributed by atoms with Gasteiger partial charge < -0.3 is 9.84 Å². The van der Waals surface area contributed by atoms with Crippen LogP contribution in [0.25, 0.3) is 0 Å². The largest absolute Gasteiger partial charge is 0.497 e. The lowest BCUT2D eigenvalue weighted by molar-refractivity contribution is 0.114. The summed E-state index contributed by atoms with van der Waals surface area (Å²) in [7, 11) is 1.65. The molecule has 0 spiro atoms. The highest BCUT2D eigenvalue weighted by atomic mass is 16.5. The summed E-state index contributed by atoms with van der Waals surface area (Å²) in [5, 5.41) is 18.0. The molecule has 1 heterocycles. The van der Waals surface area contributed by atoms with E-state index in [2.05, 4.69) is 19.1 Å². The van der Waals surface area contributed by atoms with Crippen molar-refractivity contribution >= 4 is 5.71 Å². The van der Waals surface area contributed by atoms with Crippen LogP contribution in [0.15, 0.2) is 84.0 Å². The van der Waals surface area contributed by atoms with Crippen LogP contribution in [0, 0.1) is 6.92 Å². The molecular weight excluding hydrogens is 348 g/mol. The molecule has 1 N–H and O–H groups in total. The Hall–Kier alpha value is -3.11. The smallest absolute Gasteiger partial charge is 0.124 e. The number of rotatable bonds is 5. The van der Waals surface area contributed by atoms with Crippen LogP contribution in [0.3, 0.4) is 0 Å². The summed E-state index contributed by atoms with van der Waals surface area (Å²) in [6.07, 6.45) is -0.709. The number of hydrogen-bond acceptors (Lipinski definition) is 4. The Morgan fingerprint density at radius 1 is 0.929 bits per heavy atom. The number of nitrogens with zero attached hydrogens (tertiary/aromatic N) is 2. The number of hydrogen-bond donors (Lipinski definition) is 1.